The van der Waals surface area contributed by atoms with E-state index in [4.69, 9.17) is 14.0 Å². The summed E-state index contributed by atoms with van der Waals surface area (Å²) in [7, 11) is 1.73. The van der Waals surface area contributed by atoms with Crippen LogP contribution >= 0.6 is 0 Å². The number of rotatable bonds is 5. The normalized spacial score (nSPS) is 29.1. The van der Waals surface area contributed by atoms with Gasteiger partial charge >= 0.3 is 0 Å². The molecule has 20 heavy (non-hydrogen) atoms. The lowest BCUT2D eigenvalue weighted by Crippen LogP contribution is -2.28. The standard InChI is InChI=1S/C14H23N3O3/c1-3-19-14(6-4-5-7-14)13-16-12(20-17-13)11-8-10(18-2)9-15-11/h10-11,15H,3-9H2,1-2H3/t10-,11+/m0/s1. The van der Waals surface area contributed by atoms with Crippen molar-refractivity contribution in [3.8, 4) is 0 Å². The molecule has 1 aliphatic carbocycles. The molecule has 0 bridgehead atoms. The van der Waals surface area contributed by atoms with Crippen LogP contribution in [0.2, 0.25) is 0 Å². The molecule has 1 aliphatic heterocycles. The zero-order valence-electron chi connectivity index (χ0n) is 12.2. The molecule has 3 rings (SSSR count). The topological polar surface area (TPSA) is 69.4 Å². The average Bonchev–Trinajstić information content (AvgIpc) is 3.19. The van der Waals surface area contributed by atoms with Crippen LogP contribution < -0.4 is 5.32 Å². The fourth-order valence-corrected chi connectivity index (χ4v) is 3.29. The van der Waals surface area contributed by atoms with Crippen molar-refractivity contribution in [3.05, 3.63) is 11.7 Å². The lowest BCUT2D eigenvalue weighted by Gasteiger charge is -2.24. The molecule has 0 spiro atoms. The van der Waals surface area contributed by atoms with E-state index in [0.717, 1.165) is 44.5 Å². The van der Waals surface area contributed by atoms with Crippen molar-refractivity contribution in [2.45, 2.75) is 56.8 Å². The molecule has 0 amide bonds. The van der Waals surface area contributed by atoms with E-state index in [-0.39, 0.29) is 17.7 Å². The Morgan fingerprint density at radius 1 is 1.40 bits per heavy atom. The van der Waals surface area contributed by atoms with Gasteiger partial charge in [-0.3, -0.25) is 0 Å². The van der Waals surface area contributed by atoms with Crippen LogP contribution in [0.5, 0.6) is 0 Å². The van der Waals surface area contributed by atoms with Crippen molar-refractivity contribution < 1.29 is 14.0 Å². The van der Waals surface area contributed by atoms with Crippen molar-refractivity contribution in [2.24, 2.45) is 0 Å². The van der Waals surface area contributed by atoms with Crippen molar-refractivity contribution in [1.82, 2.24) is 15.5 Å². The Labute approximate surface area is 119 Å². The SMILES string of the molecule is CCOC1(c2noc([C@H]3C[C@H](OC)CN3)n2)CCCC1. The molecule has 6 nitrogen and oxygen atoms in total. The largest absolute Gasteiger partial charge is 0.380 e. The third-order valence-corrected chi connectivity index (χ3v) is 4.40. The second-order valence-electron chi connectivity index (χ2n) is 5.64. The van der Waals surface area contributed by atoms with E-state index in [1.165, 1.54) is 0 Å². The van der Waals surface area contributed by atoms with Gasteiger partial charge < -0.3 is 19.3 Å². The second-order valence-corrected chi connectivity index (χ2v) is 5.64. The van der Waals surface area contributed by atoms with E-state index < -0.39 is 0 Å². The lowest BCUT2D eigenvalue weighted by molar-refractivity contribution is -0.0469. The van der Waals surface area contributed by atoms with Gasteiger partial charge in [-0.25, -0.2) is 0 Å². The van der Waals surface area contributed by atoms with Crippen LogP contribution in [0, 0.1) is 0 Å². The second kappa shape index (κ2) is 5.79. The quantitative estimate of drug-likeness (QED) is 0.889. The van der Waals surface area contributed by atoms with Gasteiger partial charge in [-0.15, -0.1) is 0 Å². The molecule has 1 saturated heterocycles. The van der Waals surface area contributed by atoms with Gasteiger partial charge in [0.2, 0.25) is 11.7 Å². The van der Waals surface area contributed by atoms with E-state index in [1.54, 1.807) is 7.11 Å². The number of hydrogen-bond acceptors (Lipinski definition) is 6. The Kier molecular flexibility index (Phi) is 4.05. The molecule has 1 N–H and O–H groups in total. The third-order valence-electron chi connectivity index (χ3n) is 4.40. The Hall–Kier alpha value is -0.980. The van der Waals surface area contributed by atoms with E-state index in [9.17, 15) is 0 Å². The van der Waals surface area contributed by atoms with Crippen LogP contribution in [0.15, 0.2) is 4.52 Å². The Balaban J connectivity index is 1.76. The van der Waals surface area contributed by atoms with Crippen LogP contribution in [-0.2, 0) is 15.1 Å². The molecule has 0 unspecified atom stereocenters. The summed E-state index contributed by atoms with van der Waals surface area (Å²) in [5, 5.41) is 7.55. The predicted molar refractivity (Wildman–Crippen MR) is 72.2 cm³/mol. The van der Waals surface area contributed by atoms with Gasteiger partial charge in [-0.2, -0.15) is 4.98 Å². The predicted octanol–water partition coefficient (Wildman–Crippen LogP) is 1.92. The number of aromatic nitrogens is 2. The van der Waals surface area contributed by atoms with Crippen LogP contribution in [0.1, 0.15) is 56.8 Å². The maximum Gasteiger partial charge on any atom is 0.243 e. The van der Waals surface area contributed by atoms with Gasteiger partial charge in [-0.05, 0) is 39.0 Å². The fraction of sp³-hybridized carbons (Fsp3) is 0.857. The zero-order valence-corrected chi connectivity index (χ0v) is 12.2. The minimum Gasteiger partial charge on any atom is -0.380 e. The van der Waals surface area contributed by atoms with Crippen molar-refractivity contribution in [2.75, 3.05) is 20.3 Å². The number of hydrogen-bond donors (Lipinski definition) is 1. The summed E-state index contributed by atoms with van der Waals surface area (Å²) in [5.74, 6) is 1.38. The Bertz CT molecular complexity index is 443. The number of nitrogens with one attached hydrogen (secondary N) is 1. The van der Waals surface area contributed by atoms with Gasteiger partial charge in [0.15, 0.2) is 0 Å². The zero-order chi connectivity index (χ0) is 14.0. The highest BCUT2D eigenvalue weighted by atomic mass is 16.5. The van der Waals surface area contributed by atoms with Crippen molar-refractivity contribution in [1.29, 1.82) is 0 Å². The lowest BCUT2D eigenvalue weighted by atomic mass is 10.0. The van der Waals surface area contributed by atoms with Crippen LogP contribution in [-0.4, -0.2) is 36.5 Å². The summed E-state index contributed by atoms with van der Waals surface area (Å²) in [6.45, 7) is 3.52. The molecule has 2 heterocycles. The van der Waals surface area contributed by atoms with Gasteiger partial charge in [0.25, 0.3) is 0 Å². The minimum atomic E-state index is -0.324. The highest BCUT2D eigenvalue weighted by molar-refractivity contribution is 5.07. The number of methoxy groups -OCH3 is 1. The molecule has 6 heteroatoms. The summed E-state index contributed by atoms with van der Waals surface area (Å²) in [6.07, 6.45) is 5.40. The minimum absolute atomic E-state index is 0.0984. The summed E-state index contributed by atoms with van der Waals surface area (Å²) >= 11 is 0. The molecular formula is C14H23N3O3. The maximum absolute atomic E-state index is 5.96. The molecule has 1 saturated carbocycles. The van der Waals surface area contributed by atoms with E-state index >= 15 is 0 Å². The van der Waals surface area contributed by atoms with E-state index in [1.807, 2.05) is 6.92 Å². The molecular weight excluding hydrogens is 258 g/mol. The Morgan fingerprint density at radius 3 is 2.85 bits per heavy atom. The molecule has 2 atom stereocenters. The highest BCUT2D eigenvalue weighted by Gasteiger charge is 2.41. The van der Waals surface area contributed by atoms with Crippen LogP contribution in [0.3, 0.4) is 0 Å². The first kappa shape index (κ1) is 14.0. The fourth-order valence-electron chi connectivity index (χ4n) is 3.29. The van der Waals surface area contributed by atoms with Crippen LogP contribution in [0.4, 0.5) is 0 Å². The monoisotopic (exact) mass is 281 g/mol. The molecule has 0 aromatic carbocycles. The molecule has 1 aromatic rings. The van der Waals surface area contributed by atoms with Gasteiger partial charge in [0, 0.05) is 20.3 Å². The van der Waals surface area contributed by atoms with Crippen molar-refractivity contribution >= 4 is 0 Å². The number of ether oxygens (including phenoxy) is 2. The third kappa shape index (κ3) is 2.47. The van der Waals surface area contributed by atoms with Crippen LogP contribution in [0.25, 0.3) is 0 Å². The number of nitrogens with zero attached hydrogens (tertiary/aromatic N) is 2. The van der Waals surface area contributed by atoms with E-state index in [0.29, 0.717) is 12.5 Å². The first-order chi connectivity index (χ1) is 9.77. The van der Waals surface area contributed by atoms with Gasteiger partial charge in [0.1, 0.15) is 5.60 Å². The smallest absolute Gasteiger partial charge is 0.243 e. The maximum atomic E-state index is 5.96. The van der Waals surface area contributed by atoms with Gasteiger partial charge in [-0.1, -0.05) is 5.16 Å². The van der Waals surface area contributed by atoms with E-state index in [2.05, 4.69) is 15.5 Å². The molecule has 2 aliphatic rings. The molecule has 112 valence electrons. The molecule has 1 aromatic heterocycles. The Morgan fingerprint density at radius 2 is 2.20 bits per heavy atom. The highest BCUT2D eigenvalue weighted by Crippen LogP contribution is 2.41. The summed E-state index contributed by atoms with van der Waals surface area (Å²) in [6, 6.07) is 0.0984. The first-order valence-electron chi connectivity index (χ1n) is 7.51. The van der Waals surface area contributed by atoms with Gasteiger partial charge in [0.05, 0.1) is 12.1 Å². The molecule has 2 fully saturated rings. The summed E-state index contributed by atoms with van der Waals surface area (Å²) in [5.41, 5.74) is -0.324. The average molecular weight is 281 g/mol. The summed E-state index contributed by atoms with van der Waals surface area (Å²) in [4.78, 5) is 4.61. The molecule has 0 radical (unpaired) electrons. The summed E-state index contributed by atoms with van der Waals surface area (Å²) < 4.78 is 16.8. The first-order valence-corrected chi connectivity index (χ1v) is 7.51. The van der Waals surface area contributed by atoms with Crippen molar-refractivity contribution in [3.63, 3.8) is 0 Å².